The maximum Gasteiger partial charge on any atom is 0.306 e. The van der Waals surface area contributed by atoms with Gasteiger partial charge in [0.05, 0.1) is 12.8 Å². The van der Waals surface area contributed by atoms with Crippen molar-refractivity contribution < 1.29 is 14.3 Å². The van der Waals surface area contributed by atoms with Gasteiger partial charge in [-0.25, -0.2) is 0 Å². The topological polar surface area (TPSA) is 64.8 Å². The highest BCUT2D eigenvalue weighted by Crippen LogP contribution is 2.34. The van der Waals surface area contributed by atoms with Crippen LogP contribution in [0.2, 0.25) is 0 Å². The fraction of sp³-hybridized carbons (Fsp3) is 0.632. The lowest BCUT2D eigenvalue weighted by atomic mass is 9.93. The molecule has 1 aromatic carbocycles. The molecule has 2 N–H and O–H groups in total. The van der Waals surface area contributed by atoms with Crippen molar-refractivity contribution in [1.82, 2.24) is 0 Å². The summed E-state index contributed by atoms with van der Waals surface area (Å²) in [5, 5.41) is 0. The van der Waals surface area contributed by atoms with Gasteiger partial charge < -0.3 is 20.1 Å². The number of hydrogen-bond acceptors (Lipinski definition) is 5. The zero-order valence-electron chi connectivity index (χ0n) is 15.5. The normalized spacial score (nSPS) is 16.1. The maximum atomic E-state index is 12.0. The number of rotatable bonds is 4. The number of esters is 1. The van der Waals surface area contributed by atoms with E-state index < -0.39 is 5.60 Å². The third-order valence-electron chi connectivity index (χ3n) is 4.38. The molecule has 0 radical (unpaired) electrons. The molecule has 134 valence electrons. The van der Waals surface area contributed by atoms with E-state index in [0.29, 0.717) is 23.8 Å². The van der Waals surface area contributed by atoms with Crippen molar-refractivity contribution in [1.29, 1.82) is 0 Å². The van der Waals surface area contributed by atoms with Gasteiger partial charge in [-0.3, -0.25) is 4.79 Å². The smallest absolute Gasteiger partial charge is 0.306 e. The highest BCUT2D eigenvalue weighted by molar-refractivity contribution is 5.70. The molecule has 0 spiro atoms. The van der Waals surface area contributed by atoms with Crippen molar-refractivity contribution in [3.8, 4) is 5.75 Å². The Morgan fingerprint density at radius 1 is 1.29 bits per heavy atom. The van der Waals surface area contributed by atoms with Crippen LogP contribution in [0.4, 0.5) is 11.4 Å². The lowest BCUT2D eigenvalue weighted by Gasteiger charge is -2.34. The number of ether oxygens (including phenoxy) is 2. The molecule has 0 amide bonds. The van der Waals surface area contributed by atoms with Crippen LogP contribution in [0.5, 0.6) is 5.75 Å². The second-order valence-corrected chi connectivity index (χ2v) is 7.60. The van der Waals surface area contributed by atoms with E-state index in [1.54, 1.807) is 7.11 Å². The van der Waals surface area contributed by atoms with Gasteiger partial charge in [0.15, 0.2) is 0 Å². The van der Waals surface area contributed by atoms with Crippen molar-refractivity contribution >= 4 is 17.3 Å². The van der Waals surface area contributed by atoms with Gasteiger partial charge in [-0.2, -0.15) is 0 Å². The summed E-state index contributed by atoms with van der Waals surface area (Å²) in [6, 6.07) is 3.97. The van der Waals surface area contributed by atoms with Crippen LogP contribution >= 0.6 is 0 Å². The zero-order valence-corrected chi connectivity index (χ0v) is 15.5. The van der Waals surface area contributed by atoms with Crippen LogP contribution < -0.4 is 15.4 Å². The first-order valence-electron chi connectivity index (χ1n) is 8.60. The summed E-state index contributed by atoms with van der Waals surface area (Å²) >= 11 is 0. The van der Waals surface area contributed by atoms with Crippen LogP contribution in [0.1, 0.15) is 45.6 Å². The van der Waals surface area contributed by atoms with Crippen molar-refractivity contribution in [2.75, 3.05) is 30.8 Å². The minimum absolute atomic E-state index is 0.0914. The quantitative estimate of drug-likeness (QED) is 0.674. The minimum atomic E-state index is -0.407. The van der Waals surface area contributed by atoms with E-state index in [2.05, 4.69) is 11.8 Å². The highest BCUT2D eigenvalue weighted by Gasteiger charge is 2.25. The van der Waals surface area contributed by atoms with Crippen molar-refractivity contribution in [3.05, 3.63) is 17.7 Å². The number of methoxy groups -OCH3 is 1. The third kappa shape index (κ3) is 4.79. The Labute approximate surface area is 145 Å². The van der Waals surface area contributed by atoms with Crippen LogP contribution in [0.25, 0.3) is 0 Å². The van der Waals surface area contributed by atoms with Crippen LogP contribution in [0, 0.1) is 12.8 Å². The number of carbonyl (C=O) groups is 1. The number of carbonyl (C=O) groups excluding carboxylic acids is 1. The van der Waals surface area contributed by atoms with Gasteiger partial charge in [-0.05, 0) is 58.1 Å². The first-order valence-corrected chi connectivity index (χ1v) is 8.60. The highest BCUT2D eigenvalue weighted by atomic mass is 16.6. The van der Waals surface area contributed by atoms with Gasteiger partial charge in [0, 0.05) is 31.3 Å². The molecule has 0 unspecified atom stereocenters. The molecular weight excluding hydrogens is 304 g/mol. The van der Waals surface area contributed by atoms with Gasteiger partial charge in [0.1, 0.15) is 11.4 Å². The third-order valence-corrected chi connectivity index (χ3v) is 4.38. The van der Waals surface area contributed by atoms with E-state index in [1.165, 1.54) is 0 Å². The summed E-state index contributed by atoms with van der Waals surface area (Å²) in [5.74, 6) is 1.02. The Kier molecular flexibility index (Phi) is 5.62. The summed E-state index contributed by atoms with van der Waals surface area (Å²) in [7, 11) is 1.64. The second kappa shape index (κ2) is 7.32. The SMILES string of the molecule is COc1cc(N2CCC(CC(=O)OC(C)(C)C)CC2)c(C)cc1N. The Balaban J connectivity index is 1.95. The summed E-state index contributed by atoms with van der Waals surface area (Å²) in [6.45, 7) is 9.65. The van der Waals surface area contributed by atoms with E-state index in [-0.39, 0.29) is 5.97 Å². The molecule has 1 aromatic rings. The van der Waals surface area contributed by atoms with E-state index in [1.807, 2.05) is 32.9 Å². The molecule has 5 heteroatoms. The molecule has 24 heavy (non-hydrogen) atoms. The van der Waals surface area contributed by atoms with Crippen molar-refractivity contribution in [2.24, 2.45) is 5.92 Å². The van der Waals surface area contributed by atoms with Crippen molar-refractivity contribution in [3.63, 3.8) is 0 Å². The molecular formula is C19H30N2O3. The van der Waals surface area contributed by atoms with Gasteiger partial charge in [-0.15, -0.1) is 0 Å². The number of piperidine rings is 1. The van der Waals surface area contributed by atoms with Crippen molar-refractivity contribution in [2.45, 2.75) is 52.6 Å². The number of nitrogen functional groups attached to an aromatic ring is 1. The molecule has 1 aliphatic heterocycles. The van der Waals surface area contributed by atoms with E-state index >= 15 is 0 Å². The van der Waals surface area contributed by atoms with E-state index in [0.717, 1.165) is 37.2 Å². The van der Waals surface area contributed by atoms with Crippen LogP contribution in [0.3, 0.4) is 0 Å². The summed E-state index contributed by atoms with van der Waals surface area (Å²) in [4.78, 5) is 14.3. The number of nitrogens with zero attached hydrogens (tertiary/aromatic N) is 1. The van der Waals surface area contributed by atoms with Gasteiger partial charge >= 0.3 is 5.97 Å². The largest absolute Gasteiger partial charge is 0.495 e. The molecule has 0 atom stereocenters. The number of benzene rings is 1. The molecule has 0 aromatic heterocycles. The molecule has 2 rings (SSSR count). The maximum absolute atomic E-state index is 12.0. The van der Waals surface area contributed by atoms with Gasteiger partial charge in [0.2, 0.25) is 0 Å². The van der Waals surface area contributed by atoms with Gasteiger partial charge in [0.25, 0.3) is 0 Å². The fourth-order valence-corrected chi connectivity index (χ4v) is 3.21. The average Bonchev–Trinajstić information content (AvgIpc) is 2.46. The molecule has 1 saturated heterocycles. The molecule has 1 heterocycles. The first kappa shape index (κ1) is 18.4. The molecule has 0 saturated carbocycles. The van der Waals surface area contributed by atoms with Crippen LogP contribution in [-0.4, -0.2) is 31.8 Å². The lowest BCUT2D eigenvalue weighted by Crippen LogP contribution is -2.35. The zero-order chi connectivity index (χ0) is 17.9. The van der Waals surface area contributed by atoms with E-state index in [9.17, 15) is 4.79 Å². The summed E-state index contributed by atoms with van der Waals surface area (Å²) in [5.41, 5.74) is 8.54. The predicted molar refractivity (Wildman–Crippen MR) is 97.5 cm³/mol. The monoisotopic (exact) mass is 334 g/mol. The Morgan fingerprint density at radius 2 is 1.92 bits per heavy atom. The Morgan fingerprint density at radius 3 is 2.46 bits per heavy atom. The summed E-state index contributed by atoms with van der Waals surface area (Å²) in [6.07, 6.45) is 2.49. The standard InChI is InChI=1S/C19H30N2O3/c1-13-10-15(20)17(23-5)12-16(13)21-8-6-14(7-9-21)11-18(22)24-19(2,3)4/h10,12,14H,6-9,11,20H2,1-5H3. The van der Waals surface area contributed by atoms with Crippen LogP contribution in [0.15, 0.2) is 12.1 Å². The van der Waals surface area contributed by atoms with E-state index in [4.69, 9.17) is 15.2 Å². The lowest BCUT2D eigenvalue weighted by molar-refractivity contribution is -0.156. The van der Waals surface area contributed by atoms with Crippen LogP contribution in [-0.2, 0) is 9.53 Å². The molecule has 1 aliphatic rings. The fourth-order valence-electron chi connectivity index (χ4n) is 3.21. The average molecular weight is 334 g/mol. The number of hydrogen-bond donors (Lipinski definition) is 1. The number of aryl methyl sites for hydroxylation is 1. The first-order chi connectivity index (χ1) is 11.2. The second-order valence-electron chi connectivity index (χ2n) is 7.60. The number of anilines is 2. The predicted octanol–water partition coefficient (Wildman–Crippen LogP) is 3.53. The minimum Gasteiger partial charge on any atom is -0.495 e. The number of nitrogens with two attached hydrogens (primary N) is 1. The van der Waals surface area contributed by atoms with Gasteiger partial charge in [-0.1, -0.05) is 0 Å². The molecule has 1 fully saturated rings. The molecule has 5 nitrogen and oxygen atoms in total. The Hall–Kier alpha value is -1.91. The Bertz CT molecular complexity index is 585. The molecule has 0 bridgehead atoms. The molecule has 0 aliphatic carbocycles. The summed E-state index contributed by atoms with van der Waals surface area (Å²) < 4.78 is 10.8.